The Kier molecular flexibility index (Phi) is 6.85. The third-order valence-electron chi connectivity index (χ3n) is 3.28. The van der Waals surface area contributed by atoms with Crippen molar-refractivity contribution >= 4 is 13.7 Å². The van der Waals surface area contributed by atoms with E-state index in [1.54, 1.807) is 14.2 Å². The molecule has 0 fully saturated rings. The number of hydrogen-bond donors (Lipinski definition) is 0. The zero-order chi connectivity index (χ0) is 16.7. The molecule has 4 nitrogen and oxygen atoms in total. The first-order chi connectivity index (χ1) is 11.3. The normalized spacial score (nSPS) is 10.8. The molecule has 0 saturated heterocycles. The largest absolute Gasteiger partial charge is 0.496 e. The Bertz CT molecular complexity index is 610. The SMILES string of the molecule is CCOP(OCC)c1c(OC)ccc(OC)c1-c1ccccc1. The number of hydrogen-bond acceptors (Lipinski definition) is 4. The van der Waals surface area contributed by atoms with Crippen LogP contribution in [0.1, 0.15) is 13.8 Å². The van der Waals surface area contributed by atoms with Crippen molar-refractivity contribution in [2.24, 2.45) is 0 Å². The van der Waals surface area contributed by atoms with Crippen LogP contribution in [0.4, 0.5) is 0 Å². The number of benzene rings is 2. The van der Waals surface area contributed by atoms with E-state index in [-0.39, 0.29) is 0 Å². The highest BCUT2D eigenvalue weighted by molar-refractivity contribution is 7.56. The summed E-state index contributed by atoms with van der Waals surface area (Å²) in [6, 6.07) is 13.9. The van der Waals surface area contributed by atoms with Gasteiger partial charge >= 0.3 is 0 Å². The molecule has 0 aliphatic carbocycles. The Morgan fingerprint density at radius 1 is 0.783 bits per heavy atom. The maximum atomic E-state index is 5.88. The summed E-state index contributed by atoms with van der Waals surface area (Å²) in [5, 5.41) is 0.914. The van der Waals surface area contributed by atoms with E-state index in [4.69, 9.17) is 18.5 Å². The summed E-state index contributed by atoms with van der Waals surface area (Å²) in [6.07, 6.45) is 0. The molecule has 0 N–H and O–H groups in total. The maximum absolute atomic E-state index is 5.88. The summed E-state index contributed by atoms with van der Waals surface area (Å²) in [7, 11) is 2.07. The molecule has 0 aliphatic heterocycles. The van der Waals surface area contributed by atoms with Crippen LogP contribution in [0.15, 0.2) is 42.5 Å². The molecule has 0 amide bonds. The lowest BCUT2D eigenvalue weighted by atomic mass is 10.0. The molecule has 124 valence electrons. The van der Waals surface area contributed by atoms with E-state index >= 15 is 0 Å². The van der Waals surface area contributed by atoms with Gasteiger partial charge in [-0.15, -0.1) is 0 Å². The average molecular weight is 334 g/mol. The number of methoxy groups -OCH3 is 2. The van der Waals surface area contributed by atoms with Gasteiger partial charge in [0.25, 0.3) is 0 Å². The number of rotatable bonds is 8. The van der Waals surface area contributed by atoms with Gasteiger partial charge in [0.05, 0.1) is 32.7 Å². The van der Waals surface area contributed by atoms with E-state index in [1.807, 2.05) is 56.3 Å². The molecule has 23 heavy (non-hydrogen) atoms. The van der Waals surface area contributed by atoms with Gasteiger partial charge in [0.2, 0.25) is 8.38 Å². The van der Waals surface area contributed by atoms with Crippen LogP contribution in [-0.2, 0) is 9.05 Å². The molecule has 0 atom stereocenters. The van der Waals surface area contributed by atoms with Gasteiger partial charge in [0.15, 0.2) is 0 Å². The Labute approximate surface area is 139 Å². The number of ether oxygens (including phenoxy) is 2. The van der Waals surface area contributed by atoms with E-state index < -0.39 is 8.38 Å². The van der Waals surface area contributed by atoms with Gasteiger partial charge in [0, 0.05) is 5.56 Å². The van der Waals surface area contributed by atoms with Gasteiger partial charge in [-0.05, 0) is 31.5 Å². The lowest BCUT2D eigenvalue weighted by Crippen LogP contribution is -2.14. The molecule has 2 aromatic carbocycles. The highest BCUT2D eigenvalue weighted by Gasteiger charge is 2.26. The first-order valence-electron chi connectivity index (χ1n) is 7.63. The second kappa shape index (κ2) is 8.88. The van der Waals surface area contributed by atoms with Crippen LogP contribution in [0.5, 0.6) is 11.5 Å². The van der Waals surface area contributed by atoms with Crippen molar-refractivity contribution in [3.05, 3.63) is 42.5 Å². The van der Waals surface area contributed by atoms with Crippen molar-refractivity contribution in [1.82, 2.24) is 0 Å². The first kappa shape index (κ1) is 17.7. The average Bonchev–Trinajstić information content (AvgIpc) is 2.61. The summed E-state index contributed by atoms with van der Waals surface area (Å²) in [6.45, 7) is 5.06. The summed E-state index contributed by atoms with van der Waals surface area (Å²) in [4.78, 5) is 0. The molecule has 0 aromatic heterocycles. The molecule has 0 radical (unpaired) electrons. The molecule has 0 heterocycles. The predicted molar refractivity (Wildman–Crippen MR) is 94.8 cm³/mol. The fourth-order valence-corrected chi connectivity index (χ4v) is 3.92. The maximum Gasteiger partial charge on any atom is 0.209 e. The zero-order valence-electron chi connectivity index (χ0n) is 14.0. The minimum Gasteiger partial charge on any atom is -0.496 e. The lowest BCUT2D eigenvalue weighted by molar-refractivity contribution is 0.276. The van der Waals surface area contributed by atoms with E-state index in [1.165, 1.54) is 0 Å². The minimum absolute atomic E-state index is 0.570. The quantitative estimate of drug-likeness (QED) is 0.671. The van der Waals surface area contributed by atoms with E-state index in [0.717, 1.165) is 27.9 Å². The minimum atomic E-state index is -1.25. The molecule has 2 aromatic rings. The Morgan fingerprint density at radius 2 is 1.35 bits per heavy atom. The van der Waals surface area contributed by atoms with Crippen LogP contribution in [0.3, 0.4) is 0 Å². The van der Waals surface area contributed by atoms with E-state index in [2.05, 4.69) is 0 Å². The third kappa shape index (κ3) is 4.03. The topological polar surface area (TPSA) is 36.9 Å². The van der Waals surface area contributed by atoms with Crippen molar-refractivity contribution in [1.29, 1.82) is 0 Å². The predicted octanol–water partition coefficient (Wildman–Crippen LogP) is 4.38. The third-order valence-corrected chi connectivity index (χ3v) is 5.07. The van der Waals surface area contributed by atoms with Crippen LogP contribution < -0.4 is 14.8 Å². The van der Waals surface area contributed by atoms with Crippen molar-refractivity contribution < 1.29 is 18.5 Å². The monoisotopic (exact) mass is 334 g/mol. The van der Waals surface area contributed by atoms with Crippen LogP contribution in [0.2, 0.25) is 0 Å². The molecule has 0 saturated carbocycles. The molecule has 5 heteroatoms. The van der Waals surface area contributed by atoms with Gasteiger partial charge in [-0.1, -0.05) is 30.3 Å². The molecular formula is C18H23O4P. The van der Waals surface area contributed by atoms with Crippen LogP contribution in [0, 0.1) is 0 Å². The zero-order valence-corrected chi connectivity index (χ0v) is 14.9. The Balaban J connectivity index is 2.69. The van der Waals surface area contributed by atoms with Gasteiger partial charge in [-0.2, -0.15) is 0 Å². The van der Waals surface area contributed by atoms with Crippen LogP contribution in [-0.4, -0.2) is 27.4 Å². The Hall–Kier alpha value is -1.61. The highest BCUT2D eigenvalue weighted by atomic mass is 31.2. The highest BCUT2D eigenvalue weighted by Crippen LogP contribution is 2.46. The standard InChI is InChI=1S/C18H23O4P/c1-5-21-23(22-6-2)18-16(20-4)13-12-15(19-3)17(18)14-10-8-7-9-11-14/h7-13H,5-6H2,1-4H3. The fourth-order valence-electron chi connectivity index (χ4n) is 2.35. The molecule has 0 aliphatic rings. The first-order valence-corrected chi connectivity index (χ1v) is 8.80. The Morgan fingerprint density at radius 3 is 1.87 bits per heavy atom. The summed E-state index contributed by atoms with van der Waals surface area (Å²) >= 11 is 0. The second-order valence-corrected chi connectivity index (χ2v) is 6.13. The summed E-state index contributed by atoms with van der Waals surface area (Å²) < 4.78 is 22.9. The molecule has 0 spiro atoms. The molecule has 0 bridgehead atoms. The molecular weight excluding hydrogens is 311 g/mol. The van der Waals surface area contributed by atoms with Crippen molar-refractivity contribution in [2.75, 3.05) is 27.4 Å². The fraction of sp³-hybridized carbons (Fsp3) is 0.333. The van der Waals surface area contributed by atoms with E-state index in [9.17, 15) is 0 Å². The lowest BCUT2D eigenvalue weighted by Gasteiger charge is -2.23. The summed E-state index contributed by atoms with van der Waals surface area (Å²) in [5.41, 5.74) is 2.01. The van der Waals surface area contributed by atoms with Crippen LogP contribution >= 0.6 is 8.38 Å². The van der Waals surface area contributed by atoms with Crippen molar-refractivity contribution in [2.45, 2.75) is 13.8 Å². The molecule has 2 rings (SSSR count). The van der Waals surface area contributed by atoms with E-state index in [0.29, 0.717) is 13.2 Å². The van der Waals surface area contributed by atoms with Gasteiger partial charge in [0.1, 0.15) is 11.5 Å². The smallest absolute Gasteiger partial charge is 0.209 e. The molecule has 0 unspecified atom stereocenters. The second-order valence-electron chi connectivity index (χ2n) is 4.65. The van der Waals surface area contributed by atoms with Crippen LogP contribution in [0.25, 0.3) is 11.1 Å². The van der Waals surface area contributed by atoms with Gasteiger partial charge in [-0.3, -0.25) is 0 Å². The summed E-state index contributed by atoms with van der Waals surface area (Å²) in [5.74, 6) is 1.52. The van der Waals surface area contributed by atoms with Gasteiger partial charge in [-0.25, -0.2) is 0 Å². The van der Waals surface area contributed by atoms with Crippen molar-refractivity contribution in [3.63, 3.8) is 0 Å². The van der Waals surface area contributed by atoms with Gasteiger partial charge < -0.3 is 18.5 Å². The van der Waals surface area contributed by atoms with Crippen molar-refractivity contribution in [3.8, 4) is 22.6 Å².